The van der Waals surface area contributed by atoms with E-state index in [1.54, 1.807) is 18.1 Å². The fourth-order valence-electron chi connectivity index (χ4n) is 0.929. The first kappa shape index (κ1) is 8.00. The molecule has 0 spiro atoms. The molecule has 0 atom stereocenters. The number of halogens is 1. The van der Waals surface area contributed by atoms with Crippen molar-refractivity contribution in [3.63, 3.8) is 0 Å². The highest BCUT2D eigenvalue weighted by molar-refractivity contribution is 9.10. The summed E-state index contributed by atoms with van der Waals surface area (Å²) in [5.74, 6) is 0. The van der Waals surface area contributed by atoms with E-state index in [0.29, 0.717) is 10.4 Å². The lowest BCUT2D eigenvalue weighted by Crippen LogP contribution is -1.87. The molecule has 6 heteroatoms. The summed E-state index contributed by atoms with van der Waals surface area (Å²) in [4.78, 5) is 15.3. The van der Waals surface area contributed by atoms with Crippen molar-refractivity contribution in [2.75, 3.05) is 6.26 Å². The number of aromatic amines is 1. The van der Waals surface area contributed by atoms with Gasteiger partial charge < -0.3 is 4.98 Å². The van der Waals surface area contributed by atoms with E-state index < -0.39 is 0 Å². The summed E-state index contributed by atoms with van der Waals surface area (Å²) in [7, 11) is 0. The van der Waals surface area contributed by atoms with Gasteiger partial charge in [0.25, 0.3) is 0 Å². The van der Waals surface area contributed by atoms with Crippen LogP contribution in [-0.4, -0.2) is 26.2 Å². The highest BCUT2D eigenvalue weighted by Crippen LogP contribution is 2.21. The third-order valence-electron chi connectivity index (χ3n) is 1.42. The second-order valence-electron chi connectivity index (χ2n) is 2.10. The van der Waals surface area contributed by atoms with Crippen LogP contribution in [0.5, 0.6) is 0 Å². The van der Waals surface area contributed by atoms with Gasteiger partial charge in [0, 0.05) is 0 Å². The molecule has 1 N–H and O–H groups in total. The van der Waals surface area contributed by atoms with Crippen molar-refractivity contribution in [3.8, 4) is 0 Å². The van der Waals surface area contributed by atoms with Crippen molar-refractivity contribution >= 4 is 38.9 Å². The lowest BCUT2D eigenvalue weighted by Gasteiger charge is -1.96. The van der Waals surface area contributed by atoms with Gasteiger partial charge in [-0.25, -0.2) is 15.0 Å². The molecule has 4 nitrogen and oxygen atoms in total. The summed E-state index contributed by atoms with van der Waals surface area (Å²) >= 11 is 4.78. The van der Waals surface area contributed by atoms with E-state index in [9.17, 15) is 0 Å². The van der Waals surface area contributed by atoms with Crippen LogP contribution < -0.4 is 0 Å². The first-order chi connectivity index (χ1) is 5.81. The van der Waals surface area contributed by atoms with Gasteiger partial charge in [-0.3, -0.25) is 0 Å². The van der Waals surface area contributed by atoms with E-state index in [-0.39, 0.29) is 0 Å². The number of thioether (sulfide) groups is 1. The molecule has 0 saturated heterocycles. The Morgan fingerprint density at radius 3 is 3.08 bits per heavy atom. The minimum atomic E-state index is 0.575. The molecule has 62 valence electrons. The van der Waals surface area contributed by atoms with E-state index in [0.717, 1.165) is 10.5 Å². The number of nitrogens with one attached hydrogen (secondary N) is 1. The van der Waals surface area contributed by atoms with Crippen molar-refractivity contribution in [1.29, 1.82) is 0 Å². The molecular formula is C6H5BrN4S. The van der Waals surface area contributed by atoms with Gasteiger partial charge in [0.2, 0.25) is 0 Å². The van der Waals surface area contributed by atoms with Gasteiger partial charge in [0.1, 0.15) is 10.5 Å². The van der Waals surface area contributed by atoms with Crippen LogP contribution in [0.15, 0.2) is 16.1 Å². The zero-order valence-electron chi connectivity index (χ0n) is 6.21. The molecule has 0 aliphatic heterocycles. The number of imidazole rings is 1. The highest BCUT2D eigenvalue weighted by atomic mass is 79.9. The fourth-order valence-corrected chi connectivity index (χ4v) is 1.92. The monoisotopic (exact) mass is 244 g/mol. The van der Waals surface area contributed by atoms with E-state index >= 15 is 0 Å². The summed E-state index contributed by atoms with van der Waals surface area (Å²) in [6.45, 7) is 0. The fraction of sp³-hybridized carbons (Fsp3) is 0.167. The first-order valence-electron chi connectivity index (χ1n) is 3.22. The quantitative estimate of drug-likeness (QED) is 0.473. The summed E-state index contributed by atoms with van der Waals surface area (Å²) in [6, 6.07) is 0. The average molecular weight is 245 g/mol. The lowest BCUT2D eigenvalue weighted by molar-refractivity contribution is 1.04. The number of rotatable bonds is 1. The summed E-state index contributed by atoms with van der Waals surface area (Å²) in [6.07, 6.45) is 3.58. The molecule has 2 rings (SSSR count). The Balaban J connectivity index is 2.80. The second-order valence-corrected chi connectivity index (χ2v) is 3.61. The maximum absolute atomic E-state index is 4.19. The Hall–Kier alpha value is -0.620. The first-order valence-corrected chi connectivity index (χ1v) is 5.23. The predicted octanol–water partition coefficient (Wildman–Crippen LogP) is 1.84. The average Bonchev–Trinajstić information content (AvgIpc) is 2.50. The molecular weight excluding hydrogens is 240 g/mol. The van der Waals surface area contributed by atoms with E-state index in [2.05, 4.69) is 35.9 Å². The normalized spacial score (nSPS) is 10.8. The molecule has 0 saturated carbocycles. The van der Waals surface area contributed by atoms with Crippen molar-refractivity contribution in [2.45, 2.75) is 5.03 Å². The molecule has 2 heterocycles. The van der Waals surface area contributed by atoms with Gasteiger partial charge in [-0.15, -0.1) is 11.8 Å². The Morgan fingerprint density at radius 1 is 1.50 bits per heavy atom. The van der Waals surface area contributed by atoms with Crippen LogP contribution in [0.2, 0.25) is 0 Å². The zero-order valence-corrected chi connectivity index (χ0v) is 8.61. The molecule has 0 unspecified atom stereocenters. The van der Waals surface area contributed by atoms with Crippen LogP contribution in [0.3, 0.4) is 0 Å². The Kier molecular flexibility index (Phi) is 2.02. The minimum absolute atomic E-state index is 0.575. The number of aromatic nitrogens is 4. The number of fused-ring (bicyclic) bond motifs is 1. The molecule has 12 heavy (non-hydrogen) atoms. The lowest BCUT2D eigenvalue weighted by atomic mass is 10.6. The van der Waals surface area contributed by atoms with Gasteiger partial charge >= 0.3 is 0 Å². The largest absolute Gasteiger partial charge is 0.341 e. The van der Waals surface area contributed by atoms with Crippen LogP contribution in [0.25, 0.3) is 11.2 Å². The third-order valence-corrected chi connectivity index (χ3v) is 2.46. The van der Waals surface area contributed by atoms with Crippen LogP contribution in [0, 0.1) is 0 Å². The molecule has 0 fully saturated rings. The summed E-state index contributed by atoms with van der Waals surface area (Å²) in [5.41, 5.74) is 1.59. The van der Waals surface area contributed by atoms with Crippen molar-refractivity contribution in [1.82, 2.24) is 19.9 Å². The molecule has 0 bridgehead atoms. The Bertz CT molecular complexity index is 413. The van der Waals surface area contributed by atoms with Crippen LogP contribution in [-0.2, 0) is 0 Å². The number of hydrogen-bond acceptors (Lipinski definition) is 4. The van der Waals surface area contributed by atoms with Gasteiger partial charge in [0.15, 0.2) is 10.4 Å². The Morgan fingerprint density at radius 2 is 2.33 bits per heavy atom. The molecule has 2 aromatic heterocycles. The SMILES string of the molecule is CSc1nc(Br)nc2nc[nH]c12. The summed E-state index contributed by atoms with van der Waals surface area (Å²) < 4.78 is 0.575. The molecule has 0 aliphatic carbocycles. The van der Waals surface area contributed by atoms with Crippen LogP contribution >= 0.6 is 27.7 Å². The molecule has 0 radical (unpaired) electrons. The van der Waals surface area contributed by atoms with Gasteiger partial charge in [0.05, 0.1) is 6.33 Å². The van der Waals surface area contributed by atoms with E-state index in [1.807, 2.05) is 6.26 Å². The third kappa shape index (κ3) is 1.21. The minimum Gasteiger partial charge on any atom is -0.341 e. The van der Waals surface area contributed by atoms with Crippen LogP contribution in [0.1, 0.15) is 0 Å². The second kappa shape index (κ2) is 3.02. The van der Waals surface area contributed by atoms with Gasteiger partial charge in [-0.1, -0.05) is 0 Å². The topological polar surface area (TPSA) is 54.5 Å². The smallest absolute Gasteiger partial charge is 0.199 e. The van der Waals surface area contributed by atoms with Gasteiger partial charge in [-0.05, 0) is 22.2 Å². The standard InChI is InChI=1S/C6H5BrN4S/c1-12-5-3-4(9-2-8-3)10-6(7)11-5/h2H,1H3,(H,8,9,10,11). The summed E-state index contributed by atoms with van der Waals surface area (Å²) in [5, 5.41) is 0.907. The van der Waals surface area contributed by atoms with Crippen LogP contribution in [0.4, 0.5) is 0 Å². The number of nitrogens with zero attached hydrogens (tertiary/aromatic N) is 3. The van der Waals surface area contributed by atoms with Crippen molar-refractivity contribution in [2.24, 2.45) is 0 Å². The maximum Gasteiger partial charge on any atom is 0.199 e. The molecule has 2 aromatic rings. The number of hydrogen-bond donors (Lipinski definition) is 1. The van der Waals surface area contributed by atoms with E-state index in [4.69, 9.17) is 0 Å². The van der Waals surface area contributed by atoms with Crippen molar-refractivity contribution < 1.29 is 0 Å². The molecule has 0 amide bonds. The molecule has 0 aromatic carbocycles. The van der Waals surface area contributed by atoms with Gasteiger partial charge in [-0.2, -0.15) is 0 Å². The van der Waals surface area contributed by atoms with E-state index in [1.165, 1.54) is 0 Å². The van der Waals surface area contributed by atoms with Crippen molar-refractivity contribution in [3.05, 3.63) is 11.1 Å². The molecule has 0 aliphatic rings. The highest BCUT2D eigenvalue weighted by Gasteiger charge is 2.06. The number of H-pyrrole nitrogens is 1. The maximum atomic E-state index is 4.19. The predicted molar refractivity (Wildman–Crippen MR) is 51.2 cm³/mol. The zero-order chi connectivity index (χ0) is 8.55. The Labute approximate surface area is 81.3 Å².